The van der Waals surface area contributed by atoms with Crippen LogP contribution in [0, 0.1) is 0 Å². The first kappa shape index (κ1) is 23.6. The quantitative estimate of drug-likeness (QED) is 0.509. The highest BCUT2D eigenvalue weighted by atomic mass is 16.5. The number of benzene rings is 2. The first-order valence-corrected chi connectivity index (χ1v) is 12.3. The average molecular weight is 477 g/mol. The largest absolute Gasteiger partial charge is 0.497 e. The minimum atomic E-state index is -0.467. The van der Waals surface area contributed by atoms with Crippen molar-refractivity contribution in [2.45, 2.75) is 32.2 Å². The van der Waals surface area contributed by atoms with Gasteiger partial charge in [0.25, 0.3) is 5.91 Å². The fourth-order valence-electron chi connectivity index (χ4n) is 5.06. The van der Waals surface area contributed by atoms with E-state index in [-0.39, 0.29) is 17.1 Å². The van der Waals surface area contributed by atoms with Gasteiger partial charge in [-0.15, -0.1) is 0 Å². The second-order valence-corrected chi connectivity index (χ2v) is 9.57. The Morgan fingerprint density at radius 2 is 1.77 bits per heavy atom. The lowest BCUT2D eigenvalue weighted by Crippen LogP contribution is -2.38. The van der Waals surface area contributed by atoms with Crippen LogP contribution in [0.4, 0.5) is 0 Å². The Labute approximate surface area is 205 Å². The number of nitrogens with zero attached hydrogens (tertiary/aromatic N) is 2. The van der Waals surface area contributed by atoms with Gasteiger partial charge in [0.2, 0.25) is 5.76 Å². The van der Waals surface area contributed by atoms with E-state index in [0.29, 0.717) is 34.7 Å². The molecule has 0 spiro atoms. The highest BCUT2D eigenvalue weighted by molar-refractivity contribution is 5.99. The molecule has 3 heterocycles. The molecule has 0 N–H and O–H groups in total. The number of ether oxygens (including phenoxy) is 2. The first-order valence-electron chi connectivity index (χ1n) is 12.3. The van der Waals surface area contributed by atoms with Crippen LogP contribution < -0.4 is 10.2 Å². The Kier molecular flexibility index (Phi) is 6.62. The van der Waals surface area contributed by atoms with Crippen LogP contribution in [0.1, 0.15) is 59.5 Å². The molecule has 5 rings (SSSR count). The number of carbonyl (C=O) groups excluding carboxylic acids is 1. The number of rotatable bonds is 7. The standard InChI is InChI=1S/C28H32N2O5/c1-18(2)19-5-7-20(8-6-19)25-24-26(31)22-10-9-21(33-3)17-23(22)35-27(24)28(32)30(25)12-4-11-29-13-15-34-16-14-29/h5-10,17-18,25H,4,11-16H2,1-3H3/t25-/m1/s1. The molecule has 1 amide bonds. The molecule has 2 aromatic carbocycles. The molecule has 2 aliphatic heterocycles. The van der Waals surface area contributed by atoms with E-state index in [2.05, 4.69) is 30.9 Å². The minimum Gasteiger partial charge on any atom is -0.497 e. The van der Waals surface area contributed by atoms with Crippen LogP contribution in [0.2, 0.25) is 0 Å². The monoisotopic (exact) mass is 476 g/mol. The first-order chi connectivity index (χ1) is 17.0. The molecule has 0 saturated carbocycles. The maximum Gasteiger partial charge on any atom is 0.290 e. The van der Waals surface area contributed by atoms with Gasteiger partial charge in [-0.05, 0) is 35.6 Å². The summed E-state index contributed by atoms with van der Waals surface area (Å²) in [5.74, 6) is 0.881. The SMILES string of the molecule is COc1ccc2c(=O)c3c(oc2c1)C(=O)N(CCCN1CCOCC1)[C@@H]3c1ccc(C(C)C)cc1. The molecule has 0 radical (unpaired) electrons. The van der Waals surface area contributed by atoms with Crippen LogP contribution in [-0.2, 0) is 4.74 Å². The van der Waals surface area contributed by atoms with Gasteiger partial charge in [-0.3, -0.25) is 14.5 Å². The topological polar surface area (TPSA) is 72.2 Å². The third-order valence-corrected chi connectivity index (χ3v) is 7.07. The Hall–Kier alpha value is -3.16. The van der Waals surface area contributed by atoms with E-state index in [0.717, 1.165) is 44.8 Å². The Morgan fingerprint density at radius 1 is 1.03 bits per heavy atom. The van der Waals surface area contributed by atoms with Gasteiger partial charge in [-0.2, -0.15) is 0 Å². The highest BCUT2D eigenvalue weighted by Crippen LogP contribution is 2.39. The fraction of sp³-hybridized carbons (Fsp3) is 0.429. The second kappa shape index (κ2) is 9.84. The third-order valence-electron chi connectivity index (χ3n) is 7.07. The summed E-state index contributed by atoms with van der Waals surface area (Å²) in [6.07, 6.45) is 0.807. The Morgan fingerprint density at radius 3 is 2.46 bits per heavy atom. The lowest BCUT2D eigenvalue weighted by atomic mass is 9.95. The summed E-state index contributed by atoms with van der Waals surface area (Å²) < 4.78 is 16.8. The van der Waals surface area contributed by atoms with Crippen molar-refractivity contribution in [2.24, 2.45) is 0 Å². The highest BCUT2D eigenvalue weighted by Gasteiger charge is 2.42. The van der Waals surface area contributed by atoms with Gasteiger partial charge in [0, 0.05) is 32.2 Å². The molecule has 2 aliphatic rings. The molecule has 0 bridgehead atoms. The van der Waals surface area contributed by atoms with Crippen molar-refractivity contribution < 1.29 is 18.7 Å². The number of methoxy groups -OCH3 is 1. The number of hydrogen-bond donors (Lipinski definition) is 0. The van der Waals surface area contributed by atoms with Crippen molar-refractivity contribution >= 4 is 16.9 Å². The van der Waals surface area contributed by atoms with Crippen LogP contribution >= 0.6 is 0 Å². The second-order valence-electron chi connectivity index (χ2n) is 9.57. The van der Waals surface area contributed by atoms with E-state index in [1.54, 1.807) is 30.2 Å². The van der Waals surface area contributed by atoms with Crippen molar-refractivity contribution in [2.75, 3.05) is 46.5 Å². The molecular weight excluding hydrogens is 444 g/mol. The molecule has 1 saturated heterocycles. The summed E-state index contributed by atoms with van der Waals surface area (Å²) in [4.78, 5) is 31.5. The molecule has 1 fully saturated rings. The summed E-state index contributed by atoms with van der Waals surface area (Å²) >= 11 is 0. The van der Waals surface area contributed by atoms with Crippen molar-refractivity contribution in [3.8, 4) is 5.75 Å². The van der Waals surface area contributed by atoms with E-state index >= 15 is 0 Å². The Bertz CT molecular complexity index is 1270. The number of fused-ring (bicyclic) bond motifs is 2. The van der Waals surface area contributed by atoms with Crippen molar-refractivity contribution in [1.29, 1.82) is 0 Å². The van der Waals surface area contributed by atoms with E-state index in [9.17, 15) is 9.59 Å². The summed E-state index contributed by atoms with van der Waals surface area (Å²) in [7, 11) is 1.56. The van der Waals surface area contributed by atoms with Crippen molar-refractivity contribution in [3.05, 3.63) is 75.1 Å². The third kappa shape index (κ3) is 4.46. The van der Waals surface area contributed by atoms with Crippen LogP contribution in [0.25, 0.3) is 11.0 Å². The zero-order valence-corrected chi connectivity index (χ0v) is 20.6. The molecule has 1 atom stereocenters. The van der Waals surface area contributed by atoms with Gasteiger partial charge < -0.3 is 18.8 Å². The maximum atomic E-state index is 13.7. The molecule has 0 aliphatic carbocycles. The molecule has 7 heteroatoms. The number of amides is 1. The van der Waals surface area contributed by atoms with Gasteiger partial charge in [0.15, 0.2) is 5.43 Å². The average Bonchev–Trinajstić information content (AvgIpc) is 3.16. The lowest BCUT2D eigenvalue weighted by Gasteiger charge is -2.29. The molecule has 1 aromatic heterocycles. The Balaban J connectivity index is 1.53. The number of carbonyl (C=O) groups is 1. The van der Waals surface area contributed by atoms with Crippen LogP contribution in [-0.4, -0.2) is 62.2 Å². The summed E-state index contributed by atoms with van der Waals surface area (Å²) in [6.45, 7) is 9.01. The molecule has 184 valence electrons. The zero-order chi connectivity index (χ0) is 24.5. The van der Waals surface area contributed by atoms with E-state index in [1.165, 1.54) is 5.56 Å². The minimum absolute atomic E-state index is 0.139. The fourth-order valence-corrected chi connectivity index (χ4v) is 5.06. The van der Waals surface area contributed by atoms with Gasteiger partial charge in [0.05, 0.1) is 37.3 Å². The van der Waals surface area contributed by atoms with Crippen molar-refractivity contribution in [1.82, 2.24) is 9.80 Å². The smallest absolute Gasteiger partial charge is 0.290 e. The van der Waals surface area contributed by atoms with Gasteiger partial charge >= 0.3 is 0 Å². The molecule has 35 heavy (non-hydrogen) atoms. The van der Waals surface area contributed by atoms with E-state index in [1.807, 2.05) is 12.1 Å². The van der Waals surface area contributed by atoms with Gasteiger partial charge in [-0.25, -0.2) is 0 Å². The predicted molar refractivity (Wildman–Crippen MR) is 134 cm³/mol. The summed E-state index contributed by atoms with van der Waals surface area (Å²) in [5, 5.41) is 0.455. The van der Waals surface area contributed by atoms with E-state index in [4.69, 9.17) is 13.9 Å². The molecule has 3 aromatic rings. The van der Waals surface area contributed by atoms with Crippen molar-refractivity contribution in [3.63, 3.8) is 0 Å². The van der Waals surface area contributed by atoms with Crippen LogP contribution in [0.15, 0.2) is 51.7 Å². The lowest BCUT2D eigenvalue weighted by molar-refractivity contribution is 0.0353. The van der Waals surface area contributed by atoms with E-state index < -0.39 is 6.04 Å². The molecular formula is C28H32N2O5. The zero-order valence-electron chi connectivity index (χ0n) is 20.6. The van der Waals surface area contributed by atoms with Gasteiger partial charge in [0.1, 0.15) is 11.3 Å². The van der Waals surface area contributed by atoms with Gasteiger partial charge in [-0.1, -0.05) is 38.1 Å². The number of morpholine rings is 1. The maximum absolute atomic E-state index is 13.7. The predicted octanol–water partition coefficient (Wildman–Crippen LogP) is 4.19. The van der Waals surface area contributed by atoms with Crippen LogP contribution in [0.3, 0.4) is 0 Å². The molecule has 7 nitrogen and oxygen atoms in total. The number of hydrogen-bond acceptors (Lipinski definition) is 6. The summed E-state index contributed by atoms with van der Waals surface area (Å²) in [6, 6.07) is 12.9. The normalized spacial score (nSPS) is 18.5. The van der Waals surface area contributed by atoms with Crippen LogP contribution in [0.5, 0.6) is 5.75 Å². The summed E-state index contributed by atoms with van der Waals surface area (Å²) in [5.41, 5.74) is 2.77. The molecule has 0 unspecified atom stereocenters.